The van der Waals surface area contributed by atoms with Gasteiger partial charge in [0, 0.05) is 24.7 Å². The molecule has 3 aromatic rings. The van der Waals surface area contributed by atoms with Crippen molar-refractivity contribution in [3.63, 3.8) is 0 Å². The number of hydrogen-bond donors (Lipinski definition) is 1. The molecule has 0 bridgehead atoms. The molecular formula is C21H22N2O2. The number of carbonyl (C=O) groups is 1. The first-order valence-electron chi connectivity index (χ1n) is 8.62. The smallest absolute Gasteiger partial charge is 0.310 e. The second kappa shape index (κ2) is 5.96. The summed E-state index contributed by atoms with van der Waals surface area (Å²) in [5, 5.41) is 4.72. The second-order valence-electron chi connectivity index (χ2n) is 6.67. The lowest BCUT2D eigenvalue weighted by atomic mass is 9.89. The Labute approximate surface area is 147 Å². The number of methoxy groups -OCH3 is 1. The average Bonchev–Trinajstić information content (AvgIpc) is 3.05. The summed E-state index contributed by atoms with van der Waals surface area (Å²) < 4.78 is 7.26. The van der Waals surface area contributed by atoms with Crippen molar-refractivity contribution in [3.05, 3.63) is 53.2 Å². The van der Waals surface area contributed by atoms with Gasteiger partial charge in [-0.2, -0.15) is 0 Å². The number of nitrogens with one attached hydrogen (secondary N) is 1. The summed E-state index contributed by atoms with van der Waals surface area (Å²) in [6, 6.07) is 10.7. The lowest BCUT2D eigenvalue weighted by molar-refractivity contribution is -0.139. The van der Waals surface area contributed by atoms with Gasteiger partial charge in [-0.15, -0.1) is 0 Å². The number of carbonyl (C=O) groups excluding carboxylic acids is 1. The number of aromatic nitrogens is 1. The van der Waals surface area contributed by atoms with E-state index in [1.807, 2.05) is 0 Å². The molecule has 0 spiro atoms. The lowest BCUT2D eigenvalue weighted by Crippen LogP contribution is -2.18. The van der Waals surface area contributed by atoms with Crippen molar-refractivity contribution < 1.29 is 9.53 Å². The molecule has 4 heteroatoms. The van der Waals surface area contributed by atoms with E-state index in [4.69, 9.17) is 4.74 Å². The van der Waals surface area contributed by atoms with Crippen LogP contribution >= 0.6 is 0 Å². The van der Waals surface area contributed by atoms with Gasteiger partial charge in [-0.1, -0.05) is 29.8 Å². The topological polar surface area (TPSA) is 43.3 Å². The van der Waals surface area contributed by atoms with Crippen LogP contribution in [0.1, 0.15) is 16.7 Å². The van der Waals surface area contributed by atoms with E-state index in [9.17, 15) is 4.79 Å². The molecule has 4 rings (SSSR count). The largest absolute Gasteiger partial charge is 0.469 e. The number of rotatable bonds is 3. The van der Waals surface area contributed by atoms with Crippen molar-refractivity contribution in [2.45, 2.75) is 26.8 Å². The van der Waals surface area contributed by atoms with Crippen LogP contribution in [0.4, 0.5) is 5.69 Å². The number of hydrogen-bond acceptors (Lipinski definition) is 3. The molecule has 1 aliphatic heterocycles. The zero-order valence-electron chi connectivity index (χ0n) is 14.8. The number of esters is 1. The number of benzene rings is 2. The first-order chi connectivity index (χ1) is 12.1. The number of ether oxygens (including phenoxy) is 1. The quantitative estimate of drug-likeness (QED) is 0.734. The zero-order chi connectivity index (χ0) is 17.6. The summed E-state index contributed by atoms with van der Waals surface area (Å²) in [6.07, 6.45) is 2.43. The predicted octanol–water partition coefficient (Wildman–Crippen LogP) is 4.07. The molecule has 128 valence electrons. The molecule has 0 amide bonds. The monoisotopic (exact) mass is 334 g/mol. The summed E-state index contributed by atoms with van der Waals surface area (Å²) in [4.78, 5) is 12.1. The minimum absolute atomic E-state index is 0.210. The molecule has 1 N–H and O–H groups in total. The highest BCUT2D eigenvalue weighted by atomic mass is 16.5. The first-order valence-corrected chi connectivity index (χ1v) is 8.62. The number of aryl methyl sites for hydroxylation is 1. The van der Waals surface area contributed by atoms with Crippen LogP contribution in [-0.2, 0) is 22.5 Å². The van der Waals surface area contributed by atoms with Crippen LogP contribution in [0.15, 0.2) is 36.5 Å². The van der Waals surface area contributed by atoms with Gasteiger partial charge in [-0.3, -0.25) is 4.79 Å². The van der Waals surface area contributed by atoms with Crippen molar-refractivity contribution in [1.82, 2.24) is 4.57 Å². The second-order valence-corrected chi connectivity index (χ2v) is 6.67. The third kappa shape index (κ3) is 2.49. The van der Waals surface area contributed by atoms with Crippen molar-refractivity contribution in [1.29, 1.82) is 0 Å². The summed E-state index contributed by atoms with van der Waals surface area (Å²) >= 11 is 0. The SMILES string of the molecule is COC(=O)Cc1c(C)c2c3c(ccn3CCN2)c1-c1ccc(C)cc1. The summed E-state index contributed by atoms with van der Waals surface area (Å²) in [5.41, 5.74) is 8.06. The van der Waals surface area contributed by atoms with E-state index in [-0.39, 0.29) is 12.4 Å². The van der Waals surface area contributed by atoms with E-state index < -0.39 is 0 Å². The van der Waals surface area contributed by atoms with Gasteiger partial charge >= 0.3 is 5.97 Å². The summed E-state index contributed by atoms with van der Waals surface area (Å²) in [7, 11) is 1.44. The van der Waals surface area contributed by atoms with Crippen LogP contribution in [0.3, 0.4) is 0 Å². The Morgan fingerprint density at radius 2 is 1.96 bits per heavy atom. The number of nitrogens with zero attached hydrogens (tertiary/aromatic N) is 1. The average molecular weight is 334 g/mol. The van der Waals surface area contributed by atoms with Crippen LogP contribution < -0.4 is 5.32 Å². The highest BCUT2D eigenvalue weighted by Crippen LogP contribution is 2.42. The fourth-order valence-corrected chi connectivity index (χ4v) is 3.82. The van der Waals surface area contributed by atoms with Gasteiger partial charge in [0.25, 0.3) is 0 Å². The molecule has 0 atom stereocenters. The summed E-state index contributed by atoms with van der Waals surface area (Å²) in [5.74, 6) is -0.210. The van der Waals surface area contributed by atoms with Crippen molar-refractivity contribution in [2.75, 3.05) is 19.0 Å². The van der Waals surface area contributed by atoms with Gasteiger partial charge in [0.2, 0.25) is 0 Å². The van der Waals surface area contributed by atoms with Gasteiger partial charge in [0.05, 0.1) is 24.7 Å². The van der Waals surface area contributed by atoms with E-state index in [0.29, 0.717) is 0 Å². The van der Waals surface area contributed by atoms with Crippen molar-refractivity contribution in [3.8, 4) is 11.1 Å². The molecule has 2 aromatic carbocycles. The van der Waals surface area contributed by atoms with E-state index in [2.05, 4.69) is 60.3 Å². The lowest BCUT2D eigenvalue weighted by Gasteiger charge is -2.24. The number of anilines is 1. The van der Waals surface area contributed by atoms with Crippen LogP contribution in [0, 0.1) is 13.8 Å². The Balaban J connectivity index is 2.06. The fraction of sp³-hybridized carbons (Fsp3) is 0.286. The molecule has 0 radical (unpaired) electrons. The Morgan fingerprint density at radius 1 is 1.20 bits per heavy atom. The minimum atomic E-state index is -0.210. The first kappa shape index (κ1) is 15.8. The zero-order valence-corrected chi connectivity index (χ0v) is 14.8. The van der Waals surface area contributed by atoms with E-state index >= 15 is 0 Å². The van der Waals surface area contributed by atoms with Gasteiger partial charge in [0.1, 0.15) is 0 Å². The maximum Gasteiger partial charge on any atom is 0.310 e. The molecule has 25 heavy (non-hydrogen) atoms. The Morgan fingerprint density at radius 3 is 2.68 bits per heavy atom. The predicted molar refractivity (Wildman–Crippen MR) is 101 cm³/mol. The normalized spacial score (nSPS) is 12.9. The van der Waals surface area contributed by atoms with Gasteiger partial charge in [-0.25, -0.2) is 0 Å². The third-order valence-corrected chi connectivity index (χ3v) is 5.14. The molecule has 0 aliphatic carbocycles. The minimum Gasteiger partial charge on any atom is -0.469 e. The third-order valence-electron chi connectivity index (χ3n) is 5.14. The Hall–Kier alpha value is -2.75. The van der Waals surface area contributed by atoms with Crippen LogP contribution in [0.25, 0.3) is 22.0 Å². The van der Waals surface area contributed by atoms with Gasteiger partial charge < -0.3 is 14.6 Å². The molecule has 0 saturated heterocycles. The van der Waals surface area contributed by atoms with E-state index in [1.54, 1.807) is 0 Å². The maximum absolute atomic E-state index is 12.1. The van der Waals surface area contributed by atoms with Crippen LogP contribution in [-0.4, -0.2) is 24.2 Å². The van der Waals surface area contributed by atoms with E-state index in [1.165, 1.54) is 23.6 Å². The van der Waals surface area contributed by atoms with Crippen molar-refractivity contribution >= 4 is 22.6 Å². The van der Waals surface area contributed by atoms with E-state index in [0.717, 1.165) is 41.0 Å². The maximum atomic E-state index is 12.1. The van der Waals surface area contributed by atoms with Gasteiger partial charge in [0.15, 0.2) is 0 Å². The summed E-state index contributed by atoms with van der Waals surface area (Å²) in [6.45, 7) is 6.04. The Bertz CT molecular complexity index is 968. The Kier molecular flexibility index (Phi) is 3.75. The van der Waals surface area contributed by atoms with Crippen molar-refractivity contribution in [2.24, 2.45) is 0 Å². The molecular weight excluding hydrogens is 312 g/mol. The molecule has 2 heterocycles. The van der Waals surface area contributed by atoms with Gasteiger partial charge in [-0.05, 0) is 42.2 Å². The fourth-order valence-electron chi connectivity index (χ4n) is 3.82. The highest BCUT2D eigenvalue weighted by Gasteiger charge is 2.24. The molecule has 1 aliphatic rings. The standard InChI is InChI=1S/C21H22N2O2/c1-13-4-6-15(7-5-13)19-16-8-10-23-11-9-22-20(21(16)23)14(2)17(19)12-18(24)25-3/h4-8,10,22H,9,11-12H2,1-3H3. The molecule has 1 aromatic heterocycles. The molecule has 0 unspecified atom stereocenters. The molecule has 0 saturated carbocycles. The van der Waals surface area contributed by atoms with Crippen LogP contribution in [0.2, 0.25) is 0 Å². The molecule has 4 nitrogen and oxygen atoms in total. The molecule has 0 fully saturated rings. The van der Waals surface area contributed by atoms with Crippen LogP contribution in [0.5, 0.6) is 0 Å². The highest BCUT2D eigenvalue weighted by molar-refractivity contribution is 6.06.